The number of nitrogens with one attached hydrogen (secondary N) is 1. The van der Waals surface area contributed by atoms with Gasteiger partial charge in [-0.25, -0.2) is 4.79 Å². The second-order valence-corrected chi connectivity index (χ2v) is 7.54. The van der Waals surface area contributed by atoms with Crippen molar-refractivity contribution in [3.05, 3.63) is 0 Å². The Kier molecular flexibility index (Phi) is 8.79. The number of rotatable bonds is 5. The lowest BCUT2D eigenvalue weighted by Crippen LogP contribution is -2.29. The van der Waals surface area contributed by atoms with E-state index in [0.717, 1.165) is 37.9 Å². The first-order valence-corrected chi connectivity index (χ1v) is 9.01. The van der Waals surface area contributed by atoms with Gasteiger partial charge in [0.25, 0.3) is 0 Å². The smallest absolute Gasteiger partial charge is 0.317 e. The minimum absolute atomic E-state index is 0.102. The fourth-order valence-corrected chi connectivity index (χ4v) is 3.23. The van der Waals surface area contributed by atoms with Crippen LogP contribution in [0.1, 0.15) is 72.6 Å². The molecule has 2 aliphatic rings. The van der Waals surface area contributed by atoms with E-state index in [0.29, 0.717) is 5.92 Å². The van der Waals surface area contributed by atoms with Gasteiger partial charge < -0.3 is 10.2 Å². The average molecular weight is 296 g/mol. The van der Waals surface area contributed by atoms with Crippen LogP contribution in [0.2, 0.25) is 0 Å². The van der Waals surface area contributed by atoms with Crippen LogP contribution in [0, 0.1) is 17.8 Å². The van der Waals surface area contributed by atoms with E-state index in [-0.39, 0.29) is 6.03 Å². The molecule has 0 spiro atoms. The molecule has 21 heavy (non-hydrogen) atoms. The third kappa shape index (κ3) is 8.33. The molecule has 124 valence electrons. The number of carbonyl (C=O) groups is 1. The highest BCUT2D eigenvalue weighted by molar-refractivity contribution is 5.76. The third-order valence-corrected chi connectivity index (χ3v) is 4.45. The summed E-state index contributed by atoms with van der Waals surface area (Å²) in [5, 5.41) is 2.78. The molecule has 2 amide bonds. The van der Waals surface area contributed by atoms with Gasteiger partial charge in [0, 0.05) is 19.6 Å². The Morgan fingerprint density at radius 3 is 2.24 bits per heavy atom. The molecule has 1 aliphatic heterocycles. The number of carbonyl (C=O) groups excluding carboxylic acids is 1. The molecule has 0 aromatic heterocycles. The van der Waals surface area contributed by atoms with E-state index >= 15 is 0 Å². The number of hydrogen-bond acceptors (Lipinski definition) is 1. The maximum atomic E-state index is 11.0. The van der Waals surface area contributed by atoms with Crippen molar-refractivity contribution in [1.29, 1.82) is 0 Å². The standard InChI is InChI=1S/C10H20.C8H16N2O/c1-9(2)8-10-6-4-3-5-7-10;1-7(2)3-5-10-6-4-9-8(10)11/h9-10H,3-8H2,1-2H3;7H,3-6H2,1-2H3,(H,9,11). The molecule has 0 bridgehead atoms. The van der Waals surface area contributed by atoms with Crippen molar-refractivity contribution in [1.82, 2.24) is 10.2 Å². The van der Waals surface area contributed by atoms with E-state index in [1.807, 2.05) is 4.90 Å². The summed E-state index contributed by atoms with van der Waals surface area (Å²) in [5.74, 6) is 2.68. The maximum absolute atomic E-state index is 11.0. The Labute approximate surface area is 131 Å². The van der Waals surface area contributed by atoms with Crippen molar-refractivity contribution in [2.24, 2.45) is 17.8 Å². The molecule has 1 aliphatic carbocycles. The van der Waals surface area contributed by atoms with Gasteiger partial charge in [-0.3, -0.25) is 0 Å². The lowest BCUT2D eigenvalue weighted by Gasteiger charge is -2.22. The van der Waals surface area contributed by atoms with Crippen molar-refractivity contribution in [3.8, 4) is 0 Å². The number of amides is 2. The van der Waals surface area contributed by atoms with Gasteiger partial charge in [-0.15, -0.1) is 0 Å². The van der Waals surface area contributed by atoms with Crippen LogP contribution in [0.3, 0.4) is 0 Å². The van der Waals surface area contributed by atoms with E-state index in [2.05, 4.69) is 33.0 Å². The van der Waals surface area contributed by atoms with Crippen LogP contribution in [0.4, 0.5) is 4.79 Å². The average Bonchev–Trinajstić information content (AvgIpc) is 2.83. The summed E-state index contributed by atoms with van der Waals surface area (Å²) in [6.45, 7) is 11.6. The van der Waals surface area contributed by atoms with E-state index < -0.39 is 0 Å². The Bertz CT molecular complexity index is 283. The molecule has 2 rings (SSSR count). The first kappa shape index (κ1) is 18.3. The Morgan fingerprint density at radius 2 is 1.76 bits per heavy atom. The van der Waals surface area contributed by atoms with Gasteiger partial charge in [0.15, 0.2) is 0 Å². The van der Waals surface area contributed by atoms with Crippen molar-refractivity contribution in [2.75, 3.05) is 19.6 Å². The fourth-order valence-electron chi connectivity index (χ4n) is 3.23. The summed E-state index contributed by atoms with van der Waals surface area (Å²) < 4.78 is 0. The van der Waals surface area contributed by atoms with Gasteiger partial charge in [-0.2, -0.15) is 0 Å². The number of nitrogens with zero attached hydrogens (tertiary/aromatic N) is 1. The van der Waals surface area contributed by atoms with E-state index in [4.69, 9.17) is 0 Å². The van der Waals surface area contributed by atoms with Crippen LogP contribution in [0.15, 0.2) is 0 Å². The monoisotopic (exact) mass is 296 g/mol. The second-order valence-electron chi connectivity index (χ2n) is 7.54. The molecule has 3 heteroatoms. The Balaban J connectivity index is 0.000000211. The normalized spacial score (nSPS) is 19.7. The Morgan fingerprint density at radius 1 is 1.10 bits per heavy atom. The molecule has 1 saturated carbocycles. The molecule has 1 N–H and O–H groups in total. The molecule has 0 unspecified atom stereocenters. The second kappa shape index (κ2) is 10.1. The fraction of sp³-hybridized carbons (Fsp3) is 0.944. The summed E-state index contributed by atoms with van der Waals surface area (Å²) >= 11 is 0. The third-order valence-electron chi connectivity index (χ3n) is 4.45. The first-order valence-electron chi connectivity index (χ1n) is 9.01. The van der Waals surface area contributed by atoms with Crippen LogP contribution >= 0.6 is 0 Å². The van der Waals surface area contributed by atoms with Gasteiger partial charge >= 0.3 is 6.03 Å². The summed E-state index contributed by atoms with van der Waals surface area (Å²) in [6.07, 6.45) is 10.1. The number of urea groups is 1. The van der Waals surface area contributed by atoms with Crippen molar-refractivity contribution >= 4 is 6.03 Å². The van der Waals surface area contributed by atoms with Gasteiger partial charge in [0.2, 0.25) is 0 Å². The lowest BCUT2D eigenvalue weighted by atomic mass is 9.84. The minimum Gasteiger partial charge on any atom is -0.336 e. The molecular formula is C18H36N2O. The first-order chi connectivity index (χ1) is 9.99. The highest BCUT2D eigenvalue weighted by Crippen LogP contribution is 2.28. The SMILES string of the molecule is CC(C)CC1CCCCC1.CC(C)CCN1CCNC1=O. The predicted octanol–water partition coefficient (Wildman–Crippen LogP) is 4.67. The molecular weight excluding hydrogens is 260 g/mol. The summed E-state index contributed by atoms with van der Waals surface area (Å²) in [4.78, 5) is 12.9. The van der Waals surface area contributed by atoms with E-state index in [1.165, 1.54) is 38.5 Å². The summed E-state index contributed by atoms with van der Waals surface area (Å²) in [5.41, 5.74) is 0. The molecule has 0 aromatic carbocycles. The predicted molar refractivity (Wildman–Crippen MR) is 90.5 cm³/mol. The van der Waals surface area contributed by atoms with Gasteiger partial charge in [-0.1, -0.05) is 59.8 Å². The van der Waals surface area contributed by atoms with Crippen LogP contribution < -0.4 is 5.32 Å². The molecule has 1 heterocycles. The molecule has 0 aromatic rings. The molecule has 3 nitrogen and oxygen atoms in total. The number of hydrogen-bond donors (Lipinski definition) is 1. The molecule has 0 radical (unpaired) electrons. The lowest BCUT2D eigenvalue weighted by molar-refractivity contribution is 0.215. The summed E-state index contributed by atoms with van der Waals surface area (Å²) in [6, 6.07) is 0.102. The molecule has 1 saturated heterocycles. The van der Waals surface area contributed by atoms with Gasteiger partial charge in [0.05, 0.1) is 0 Å². The van der Waals surface area contributed by atoms with Crippen molar-refractivity contribution < 1.29 is 4.79 Å². The maximum Gasteiger partial charge on any atom is 0.317 e. The highest BCUT2D eigenvalue weighted by Gasteiger charge is 2.18. The van der Waals surface area contributed by atoms with Crippen LogP contribution in [-0.4, -0.2) is 30.6 Å². The van der Waals surface area contributed by atoms with Crippen LogP contribution in [-0.2, 0) is 0 Å². The Hall–Kier alpha value is -0.730. The van der Waals surface area contributed by atoms with Gasteiger partial charge in [0.1, 0.15) is 0 Å². The van der Waals surface area contributed by atoms with E-state index in [1.54, 1.807) is 0 Å². The zero-order chi connectivity index (χ0) is 15.7. The van der Waals surface area contributed by atoms with Crippen LogP contribution in [0.25, 0.3) is 0 Å². The molecule has 2 fully saturated rings. The van der Waals surface area contributed by atoms with Crippen LogP contribution in [0.5, 0.6) is 0 Å². The van der Waals surface area contributed by atoms with Crippen molar-refractivity contribution in [2.45, 2.75) is 72.6 Å². The van der Waals surface area contributed by atoms with E-state index in [9.17, 15) is 4.79 Å². The summed E-state index contributed by atoms with van der Waals surface area (Å²) in [7, 11) is 0. The molecule has 0 atom stereocenters. The zero-order valence-corrected chi connectivity index (χ0v) is 14.7. The zero-order valence-electron chi connectivity index (χ0n) is 14.7. The van der Waals surface area contributed by atoms with Crippen molar-refractivity contribution in [3.63, 3.8) is 0 Å². The van der Waals surface area contributed by atoms with Gasteiger partial charge in [-0.05, 0) is 30.6 Å². The highest BCUT2D eigenvalue weighted by atomic mass is 16.2. The largest absolute Gasteiger partial charge is 0.336 e. The topological polar surface area (TPSA) is 32.3 Å². The minimum atomic E-state index is 0.102. The quantitative estimate of drug-likeness (QED) is 0.785.